The molecular weight excluding hydrogens is 383 g/mol. The molecule has 0 saturated carbocycles. The van der Waals surface area contributed by atoms with Crippen LogP contribution in [0.15, 0.2) is 24.5 Å². The molecule has 0 spiro atoms. The summed E-state index contributed by atoms with van der Waals surface area (Å²) in [4.78, 5) is 20.9. The lowest BCUT2D eigenvalue weighted by molar-refractivity contribution is -0.135. The van der Waals surface area contributed by atoms with E-state index < -0.39 is 0 Å². The minimum Gasteiger partial charge on any atom is -0.339 e. The van der Waals surface area contributed by atoms with Crippen molar-refractivity contribution in [2.75, 3.05) is 26.2 Å². The largest absolute Gasteiger partial charge is 0.339 e. The number of amides is 1. The molecule has 1 saturated heterocycles. The van der Waals surface area contributed by atoms with Gasteiger partial charge < -0.3 is 10.6 Å². The van der Waals surface area contributed by atoms with Gasteiger partial charge in [-0.05, 0) is 30.9 Å². The van der Waals surface area contributed by atoms with Crippen molar-refractivity contribution in [2.45, 2.75) is 39.3 Å². The molecule has 0 radical (unpaired) electrons. The van der Waals surface area contributed by atoms with E-state index in [1.54, 1.807) is 6.20 Å². The summed E-state index contributed by atoms with van der Waals surface area (Å²) < 4.78 is 0. The Hall–Kier alpha value is -0.590. The van der Waals surface area contributed by atoms with Crippen molar-refractivity contribution in [3.63, 3.8) is 0 Å². The zero-order valence-corrected chi connectivity index (χ0v) is 17.6. The van der Waals surface area contributed by atoms with Crippen molar-refractivity contribution in [1.82, 2.24) is 14.8 Å². The van der Waals surface area contributed by atoms with Gasteiger partial charge >= 0.3 is 0 Å². The molecule has 1 aromatic rings. The molecule has 2 heterocycles. The Morgan fingerprint density at radius 2 is 1.76 bits per heavy atom. The predicted molar refractivity (Wildman–Crippen MR) is 110 cm³/mol. The van der Waals surface area contributed by atoms with Crippen molar-refractivity contribution in [3.05, 3.63) is 30.1 Å². The van der Waals surface area contributed by atoms with Gasteiger partial charge in [0.2, 0.25) is 5.91 Å². The molecule has 5 nitrogen and oxygen atoms in total. The molecule has 1 fully saturated rings. The first-order chi connectivity index (χ1) is 10.5. The maximum Gasteiger partial charge on any atom is 0.239 e. The first kappa shape index (κ1) is 26.6. The highest BCUT2D eigenvalue weighted by Gasteiger charge is 2.27. The summed E-state index contributed by atoms with van der Waals surface area (Å²) >= 11 is 0. The van der Waals surface area contributed by atoms with Crippen molar-refractivity contribution in [3.8, 4) is 0 Å². The molecule has 1 aromatic heterocycles. The van der Waals surface area contributed by atoms with Gasteiger partial charge in [0, 0.05) is 44.6 Å². The quantitative estimate of drug-likeness (QED) is 0.806. The maximum atomic E-state index is 12.4. The van der Waals surface area contributed by atoms with Crippen molar-refractivity contribution in [1.29, 1.82) is 0 Å². The molecule has 1 aliphatic heterocycles. The van der Waals surface area contributed by atoms with Gasteiger partial charge in [0.25, 0.3) is 0 Å². The molecule has 0 aromatic carbocycles. The molecule has 8 heteroatoms. The third kappa shape index (κ3) is 7.67. The summed E-state index contributed by atoms with van der Waals surface area (Å²) in [5, 5.41) is 0. The Kier molecular flexibility index (Phi) is 13.5. The number of pyridine rings is 1. The fourth-order valence-corrected chi connectivity index (χ4v) is 3.01. The molecule has 1 amide bonds. The Morgan fingerprint density at radius 1 is 1.16 bits per heavy atom. The zero-order chi connectivity index (χ0) is 16.1. The van der Waals surface area contributed by atoms with Crippen molar-refractivity contribution < 1.29 is 4.79 Å². The third-order valence-corrected chi connectivity index (χ3v) is 4.38. The standard InChI is InChI=1S/C17H28N4O.3ClH/c1-13(2)11-16(18)17(22)21-9-7-20(8-10-21)14(3)15-5-4-6-19-12-15;;;/h4-6,12-14,16H,7-11,18H2,1-3H3;3*1H/t14?,16-;;;/m0.../s1. The number of hydrogen-bond acceptors (Lipinski definition) is 4. The van der Waals surface area contributed by atoms with Gasteiger partial charge in [0.15, 0.2) is 0 Å². The summed E-state index contributed by atoms with van der Waals surface area (Å²) in [5.74, 6) is 0.549. The van der Waals surface area contributed by atoms with Crippen LogP contribution in [0.3, 0.4) is 0 Å². The second kappa shape index (κ2) is 12.7. The van der Waals surface area contributed by atoms with E-state index in [2.05, 4.69) is 36.7 Å². The first-order valence-electron chi connectivity index (χ1n) is 8.17. The zero-order valence-electron chi connectivity index (χ0n) is 15.1. The van der Waals surface area contributed by atoms with Crippen molar-refractivity contribution >= 4 is 43.1 Å². The molecule has 2 rings (SSSR count). The molecule has 1 aliphatic rings. The highest BCUT2D eigenvalue weighted by molar-refractivity contribution is 5.86. The number of rotatable bonds is 5. The van der Waals surface area contributed by atoms with Gasteiger partial charge in [0.05, 0.1) is 6.04 Å². The van der Waals surface area contributed by atoms with E-state index in [4.69, 9.17) is 5.73 Å². The number of carbonyl (C=O) groups is 1. The van der Waals surface area contributed by atoms with Crippen LogP contribution in [0.5, 0.6) is 0 Å². The summed E-state index contributed by atoms with van der Waals surface area (Å²) in [6.07, 6.45) is 4.47. The van der Waals surface area contributed by atoms with E-state index >= 15 is 0 Å². The summed E-state index contributed by atoms with van der Waals surface area (Å²) in [7, 11) is 0. The van der Waals surface area contributed by atoms with E-state index in [0.717, 1.165) is 32.6 Å². The molecule has 1 unspecified atom stereocenters. The van der Waals surface area contributed by atoms with E-state index in [1.165, 1.54) is 5.56 Å². The van der Waals surface area contributed by atoms with Gasteiger partial charge in [0.1, 0.15) is 0 Å². The first-order valence-corrected chi connectivity index (χ1v) is 8.17. The highest BCUT2D eigenvalue weighted by atomic mass is 35.5. The second-order valence-electron chi connectivity index (χ2n) is 6.56. The van der Waals surface area contributed by atoms with Gasteiger partial charge in [-0.1, -0.05) is 19.9 Å². The van der Waals surface area contributed by atoms with E-state index in [1.807, 2.05) is 17.2 Å². The van der Waals surface area contributed by atoms with Crippen LogP contribution in [0.1, 0.15) is 38.8 Å². The number of nitrogens with zero attached hydrogens (tertiary/aromatic N) is 3. The lowest BCUT2D eigenvalue weighted by atomic mass is 10.0. The second-order valence-corrected chi connectivity index (χ2v) is 6.56. The van der Waals surface area contributed by atoms with E-state index in [-0.39, 0.29) is 49.2 Å². The van der Waals surface area contributed by atoms with Crippen LogP contribution in [0.4, 0.5) is 0 Å². The SMILES string of the molecule is CC(C)C[C@H](N)C(=O)N1CCN(C(C)c2cccnc2)CC1.Cl.Cl.Cl. The van der Waals surface area contributed by atoms with Gasteiger partial charge in [-0.2, -0.15) is 0 Å². The number of halogens is 3. The van der Waals surface area contributed by atoms with Crippen molar-refractivity contribution in [2.24, 2.45) is 11.7 Å². The molecule has 2 N–H and O–H groups in total. The predicted octanol–water partition coefficient (Wildman–Crippen LogP) is 2.93. The van der Waals surface area contributed by atoms with Gasteiger partial charge in [-0.3, -0.25) is 14.7 Å². The normalized spacial score (nSPS) is 16.9. The van der Waals surface area contributed by atoms with Gasteiger partial charge in [-0.25, -0.2) is 0 Å². The number of nitrogens with two attached hydrogens (primary N) is 1. The minimum absolute atomic E-state index is 0. The third-order valence-electron chi connectivity index (χ3n) is 4.38. The molecule has 0 aliphatic carbocycles. The Morgan fingerprint density at radius 3 is 2.24 bits per heavy atom. The average Bonchev–Trinajstić information content (AvgIpc) is 2.54. The molecule has 25 heavy (non-hydrogen) atoms. The smallest absolute Gasteiger partial charge is 0.239 e. The lowest BCUT2D eigenvalue weighted by Crippen LogP contribution is -2.53. The van der Waals surface area contributed by atoms with E-state index in [0.29, 0.717) is 12.0 Å². The van der Waals surface area contributed by atoms with Crippen LogP contribution in [-0.2, 0) is 4.79 Å². The monoisotopic (exact) mass is 412 g/mol. The highest BCUT2D eigenvalue weighted by Crippen LogP contribution is 2.21. The Labute approximate surface area is 170 Å². The summed E-state index contributed by atoms with van der Waals surface area (Å²) in [6.45, 7) is 9.68. The average molecular weight is 414 g/mol. The van der Waals surface area contributed by atoms with Crippen LogP contribution >= 0.6 is 37.2 Å². The van der Waals surface area contributed by atoms with Crippen LogP contribution in [0.2, 0.25) is 0 Å². The molecule has 0 bridgehead atoms. The summed E-state index contributed by atoms with van der Waals surface area (Å²) in [5.41, 5.74) is 7.24. The Balaban J connectivity index is 0. The Bertz CT molecular complexity index is 482. The fourth-order valence-electron chi connectivity index (χ4n) is 3.01. The molecular formula is C17H31Cl3N4O. The summed E-state index contributed by atoms with van der Waals surface area (Å²) in [6, 6.07) is 4.04. The van der Waals surface area contributed by atoms with Crippen LogP contribution in [-0.4, -0.2) is 52.9 Å². The molecule has 146 valence electrons. The van der Waals surface area contributed by atoms with Crippen LogP contribution in [0.25, 0.3) is 0 Å². The lowest BCUT2D eigenvalue weighted by Gasteiger charge is -2.39. The maximum absolute atomic E-state index is 12.4. The van der Waals surface area contributed by atoms with E-state index in [9.17, 15) is 4.79 Å². The van der Waals surface area contributed by atoms with Crippen LogP contribution < -0.4 is 5.73 Å². The number of piperazine rings is 1. The number of carbonyl (C=O) groups excluding carboxylic acids is 1. The number of hydrogen-bond donors (Lipinski definition) is 1. The van der Waals surface area contributed by atoms with Crippen LogP contribution in [0, 0.1) is 5.92 Å². The van der Waals surface area contributed by atoms with Gasteiger partial charge in [-0.15, -0.1) is 37.2 Å². The molecule has 2 atom stereocenters. The minimum atomic E-state index is -0.359. The number of aromatic nitrogens is 1. The fraction of sp³-hybridized carbons (Fsp3) is 0.647. The topological polar surface area (TPSA) is 62.5 Å².